The summed E-state index contributed by atoms with van der Waals surface area (Å²) in [6.45, 7) is 5.40. The zero-order chi connectivity index (χ0) is 16.2. The number of carbonyl (C=O) groups is 1. The van der Waals surface area contributed by atoms with Crippen LogP contribution in [0.5, 0.6) is 0 Å². The molecule has 2 aromatic rings. The molecule has 1 aromatic carbocycles. The molecule has 1 saturated heterocycles. The fourth-order valence-electron chi connectivity index (χ4n) is 2.91. The summed E-state index contributed by atoms with van der Waals surface area (Å²) < 4.78 is 0. The molecule has 0 radical (unpaired) electrons. The number of hydrogen-bond donors (Lipinski definition) is 1. The highest BCUT2D eigenvalue weighted by atomic mass is 35.5. The highest BCUT2D eigenvalue weighted by Crippen LogP contribution is 2.22. The molecule has 0 bridgehead atoms. The van der Waals surface area contributed by atoms with Crippen LogP contribution in [0, 0.1) is 5.92 Å². The van der Waals surface area contributed by atoms with Crippen molar-refractivity contribution in [3.63, 3.8) is 0 Å². The number of thiazole rings is 1. The van der Waals surface area contributed by atoms with Gasteiger partial charge in [-0.05, 0) is 37.4 Å². The van der Waals surface area contributed by atoms with Gasteiger partial charge in [0.1, 0.15) is 0 Å². The van der Waals surface area contributed by atoms with Crippen LogP contribution in [0.3, 0.4) is 0 Å². The van der Waals surface area contributed by atoms with E-state index in [0.717, 1.165) is 31.2 Å². The standard InChI is InChI=1S/C17H20ClN3OS/c1-12-5-4-8-21(9-12)10-13-11-23-17(19-13)20-16(22)14-6-2-3-7-15(14)18/h2-3,6-7,11-12H,4-5,8-10H2,1H3,(H,19,20,22). The van der Waals surface area contributed by atoms with Crippen LogP contribution in [0.1, 0.15) is 35.8 Å². The lowest BCUT2D eigenvalue weighted by Gasteiger charge is -2.30. The molecule has 0 aliphatic carbocycles. The summed E-state index contributed by atoms with van der Waals surface area (Å²) in [4.78, 5) is 19.2. The fraction of sp³-hybridized carbons (Fsp3) is 0.412. The topological polar surface area (TPSA) is 45.2 Å². The van der Waals surface area contributed by atoms with Gasteiger partial charge in [0.2, 0.25) is 0 Å². The van der Waals surface area contributed by atoms with Crippen LogP contribution < -0.4 is 5.32 Å². The van der Waals surface area contributed by atoms with E-state index in [4.69, 9.17) is 11.6 Å². The van der Waals surface area contributed by atoms with Gasteiger partial charge in [-0.3, -0.25) is 15.0 Å². The minimum absolute atomic E-state index is 0.219. The van der Waals surface area contributed by atoms with E-state index in [1.165, 1.54) is 24.2 Å². The maximum Gasteiger partial charge on any atom is 0.258 e. The lowest BCUT2D eigenvalue weighted by Crippen LogP contribution is -2.33. The first-order valence-electron chi connectivity index (χ1n) is 7.84. The van der Waals surface area contributed by atoms with Gasteiger partial charge in [-0.15, -0.1) is 11.3 Å². The van der Waals surface area contributed by atoms with Crippen LogP contribution in [0.15, 0.2) is 29.6 Å². The molecule has 1 unspecified atom stereocenters. The quantitative estimate of drug-likeness (QED) is 0.896. The summed E-state index contributed by atoms with van der Waals surface area (Å²) in [7, 11) is 0. The summed E-state index contributed by atoms with van der Waals surface area (Å²) in [5.41, 5.74) is 1.48. The van der Waals surface area contributed by atoms with Crippen molar-refractivity contribution in [3.8, 4) is 0 Å². The van der Waals surface area contributed by atoms with E-state index in [0.29, 0.717) is 15.7 Å². The highest BCUT2D eigenvalue weighted by Gasteiger charge is 2.18. The second kappa shape index (κ2) is 7.43. The molecule has 2 heterocycles. The molecule has 1 amide bonds. The molecule has 4 nitrogen and oxygen atoms in total. The molecule has 1 aliphatic heterocycles. The van der Waals surface area contributed by atoms with E-state index in [1.807, 2.05) is 5.38 Å². The first-order chi connectivity index (χ1) is 11.1. The molecule has 1 fully saturated rings. The predicted octanol–water partition coefficient (Wildman–Crippen LogP) is 4.28. The molecule has 3 rings (SSSR count). The molecule has 23 heavy (non-hydrogen) atoms. The van der Waals surface area contributed by atoms with Gasteiger partial charge in [0.15, 0.2) is 5.13 Å². The third-order valence-corrected chi connectivity index (χ3v) is 5.15. The number of amides is 1. The Kier molecular flexibility index (Phi) is 5.30. The third-order valence-electron chi connectivity index (χ3n) is 4.02. The van der Waals surface area contributed by atoms with Gasteiger partial charge in [0, 0.05) is 18.5 Å². The average Bonchev–Trinajstić information content (AvgIpc) is 2.94. The van der Waals surface area contributed by atoms with E-state index in [1.54, 1.807) is 24.3 Å². The molecular formula is C17H20ClN3OS. The van der Waals surface area contributed by atoms with Gasteiger partial charge in [-0.1, -0.05) is 30.7 Å². The summed E-state index contributed by atoms with van der Waals surface area (Å²) in [6.07, 6.45) is 2.56. The molecular weight excluding hydrogens is 330 g/mol. The van der Waals surface area contributed by atoms with Crippen LogP contribution in [-0.4, -0.2) is 28.9 Å². The number of anilines is 1. The van der Waals surface area contributed by atoms with E-state index in [2.05, 4.69) is 22.1 Å². The molecule has 122 valence electrons. The van der Waals surface area contributed by atoms with Crippen LogP contribution in [-0.2, 0) is 6.54 Å². The monoisotopic (exact) mass is 349 g/mol. The summed E-state index contributed by atoms with van der Waals surface area (Å²) in [5.74, 6) is 0.532. The minimum atomic E-state index is -0.219. The molecule has 6 heteroatoms. The number of nitrogens with one attached hydrogen (secondary N) is 1. The van der Waals surface area contributed by atoms with E-state index < -0.39 is 0 Å². The minimum Gasteiger partial charge on any atom is -0.298 e. The van der Waals surface area contributed by atoms with Crippen molar-refractivity contribution in [3.05, 3.63) is 45.9 Å². The van der Waals surface area contributed by atoms with Crippen LogP contribution in [0.4, 0.5) is 5.13 Å². The normalized spacial score (nSPS) is 18.8. The number of benzene rings is 1. The Bertz CT molecular complexity index is 688. The van der Waals surface area contributed by atoms with Crippen molar-refractivity contribution in [1.29, 1.82) is 0 Å². The second-order valence-corrected chi connectivity index (χ2v) is 7.33. The Morgan fingerprint density at radius 2 is 2.30 bits per heavy atom. The Balaban J connectivity index is 1.61. The number of nitrogens with zero attached hydrogens (tertiary/aromatic N) is 2. The smallest absolute Gasteiger partial charge is 0.258 e. The molecule has 0 spiro atoms. The second-order valence-electron chi connectivity index (χ2n) is 6.06. The number of hydrogen-bond acceptors (Lipinski definition) is 4. The Labute approximate surface area is 145 Å². The van der Waals surface area contributed by atoms with E-state index in [9.17, 15) is 4.79 Å². The maximum absolute atomic E-state index is 12.2. The number of rotatable bonds is 4. The molecule has 1 atom stereocenters. The summed E-state index contributed by atoms with van der Waals surface area (Å²) in [5, 5.41) is 5.91. The van der Waals surface area contributed by atoms with Crippen LogP contribution in [0.25, 0.3) is 0 Å². The Hall–Kier alpha value is -1.43. The van der Waals surface area contributed by atoms with Gasteiger partial charge < -0.3 is 0 Å². The lowest BCUT2D eigenvalue weighted by atomic mass is 10.0. The number of likely N-dealkylation sites (tertiary alicyclic amines) is 1. The van der Waals surface area contributed by atoms with Crippen molar-refractivity contribution in [2.75, 3.05) is 18.4 Å². The highest BCUT2D eigenvalue weighted by molar-refractivity contribution is 7.14. The Morgan fingerprint density at radius 3 is 3.09 bits per heavy atom. The first kappa shape index (κ1) is 16.4. The van der Waals surface area contributed by atoms with Crippen molar-refractivity contribution in [1.82, 2.24) is 9.88 Å². The largest absolute Gasteiger partial charge is 0.298 e. The van der Waals surface area contributed by atoms with Crippen molar-refractivity contribution in [2.24, 2.45) is 5.92 Å². The average molecular weight is 350 g/mol. The number of carbonyl (C=O) groups excluding carboxylic acids is 1. The Morgan fingerprint density at radius 1 is 1.48 bits per heavy atom. The van der Waals surface area contributed by atoms with Crippen LogP contribution >= 0.6 is 22.9 Å². The third kappa shape index (κ3) is 4.31. The predicted molar refractivity (Wildman–Crippen MR) is 95.2 cm³/mol. The van der Waals surface area contributed by atoms with Gasteiger partial charge in [-0.25, -0.2) is 4.98 Å². The zero-order valence-electron chi connectivity index (χ0n) is 13.1. The SMILES string of the molecule is CC1CCCN(Cc2csc(NC(=O)c3ccccc3Cl)n2)C1. The maximum atomic E-state index is 12.2. The first-order valence-corrected chi connectivity index (χ1v) is 9.10. The summed E-state index contributed by atoms with van der Waals surface area (Å²) in [6, 6.07) is 7.02. The molecule has 1 aliphatic rings. The number of piperidine rings is 1. The van der Waals surface area contributed by atoms with E-state index in [-0.39, 0.29) is 5.91 Å². The van der Waals surface area contributed by atoms with Gasteiger partial charge >= 0.3 is 0 Å². The van der Waals surface area contributed by atoms with Gasteiger partial charge in [0.25, 0.3) is 5.91 Å². The molecule has 1 aromatic heterocycles. The summed E-state index contributed by atoms with van der Waals surface area (Å²) >= 11 is 7.50. The van der Waals surface area contributed by atoms with E-state index >= 15 is 0 Å². The van der Waals surface area contributed by atoms with Crippen molar-refractivity contribution in [2.45, 2.75) is 26.3 Å². The van der Waals surface area contributed by atoms with Gasteiger partial charge in [0.05, 0.1) is 16.3 Å². The molecule has 1 N–H and O–H groups in total. The molecule has 0 saturated carbocycles. The van der Waals surface area contributed by atoms with Crippen molar-refractivity contribution >= 4 is 34.0 Å². The fourth-order valence-corrected chi connectivity index (χ4v) is 3.82. The van der Waals surface area contributed by atoms with Gasteiger partial charge in [-0.2, -0.15) is 0 Å². The number of aromatic nitrogens is 1. The van der Waals surface area contributed by atoms with Crippen molar-refractivity contribution < 1.29 is 4.79 Å². The lowest BCUT2D eigenvalue weighted by molar-refractivity contribution is 0.102. The zero-order valence-corrected chi connectivity index (χ0v) is 14.7. The van der Waals surface area contributed by atoms with Crippen LogP contribution in [0.2, 0.25) is 5.02 Å². The number of halogens is 1.